The van der Waals surface area contributed by atoms with Crippen molar-refractivity contribution < 1.29 is 0 Å². The van der Waals surface area contributed by atoms with E-state index >= 15 is 0 Å². The van der Waals surface area contributed by atoms with Gasteiger partial charge in [0.15, 0.2) is 0 Å². The number of piperazine rings is 1. The molecule has 2 nitrogen and oxygen atoms in total. The van der Waals surface area contributed by atoms with Crippen LogP contribution in [0.3, 0.4) is 0 Å². The number of rotatable bonds is 4. The van der Waals surface area contributed by atoms with Crippen LogP contribution in [0.25, 0.3) is 0 Å². The Morgan fingerprint density at radius 2 is 1.95 bits per heavy atom. The fourth-order valence-electron chi connectivity index (χ4n) is 3.01. The van der Waals surface area contributed by atoms with Gasteiger partial charge in [0.1, 0.15) is 0 Å². The minimum atomic E-state index is 0.629. The summed E-state index contributed by atoms with van der Waals surface area (Å²) in [5.74, 6) is 0.760. The van der Waals surface area contributed by atoms with Crippen molar-refractivity contribution in [3.05, 3.63) is 29.8 Å². The summed E-state index contributed by atoms with van der Waals surface area (Å²) in [7, 11) is 0. The number of nitrogens with one attached hydrogen (secondary N) is 1. The molecule has 1 N–H and O–H groups in total. The second-order valence-electron chi connectivity index (χ2n) is 6.28. The maximum Gasteiger partial charge on any atom is 0.0412 e. The van der Waals surface area contributed by atoms with E-state index in [9.17, 15) is 0 Å². The van der Waals surface area contributed by atoms with E-state index in [2.05, 4.69) is 62.2 Å². The second kappa shape index (κ2) is 6.42. The number of benzene rings is 1. The zero-order valence-corrected chi connectivity index (χ0v) is 12.8. The largest absolute Gasteiger partial charge is 0.366 e. The summed E-state index contributed by atoms with van der Waals surface area (Å²) in [5.41, 5.74) is 2.72. The first-order chi connectivity index (χ1) is 9.10. The van der Waals surface area contributed by atoms with E-state index in [4.69, 9.17) is 0 Å². The Hall–Kier alpha value is -1.02. The van der Waals surface area contributed by atoms with Gasteiger partial charge in [-0.05, 0) is 37.8 Å². The lowest BCUT2D eigenvalue weighted by Crippen LogP contribution is -2.56. The molecule has 1 saturated heterocycles. The van der Waals surface area contributed by atoms with Crippen molar-refractivity contribution in [3.8, 4) is 0 Å². The average molecular weight is 260 g/mol. The van der Waals surface area contributed by atoms with Gasteiger partial charge in [-0.2, -0.15) is 0 Å². The molecule has 0 aliphatic carbocycles. The van der Waals surface area contributed by atoms with Gasteiger partial charge in [0, 0.05) is 30.9 Å². The molecule has 1 aliphatic rings. The molecular weight excluding hydrogens is 232 g/mol. The molecule has 2 atom stereocenters. The first-order valence-corrected chi connectivity index (χ1v) is 7.66. The molecule has 0 aromatic heterocycles. The van der Waals surface area contributed by atoms with Gasteiger partial charge in [0.05, 0.1) is 0 Å². The lowest BCUT2D eigenvalue weighted by molar-refractivity contribution is 0.343. The molecule has 2 unspecified atom stereocenters. The summed E-state index contributed by atoms with van der Waals surface area (Å²) in [6.45, 7) is 11.3. The summed E-state index contributed by atoms with van der Waals surface area (Å²) in [6.07, 6.45) is 2.47. The number of aryl methyl sites for hydroxylation is 1. The van der Waals surface area contributed by atoms with Crippen LogP contribution >= 0.6 is 0 Å². The van der Waals surface area contributed by atoms with Crippen LogP contribution in [0.1, 0.15) is 39.2 Å². The molecule has 19 heavy (non-hydrogen) atoms. The Bertz CT molecular complexity index is 383. The van der Waals surface area contributed by atoms with Crippen LogP contribution in [0.2, 0.25) is 0 Å². The van der Waals surface area contributed by atoms with Crippen LogP contribution in [-0.2, 0) is 0 Å². The molecule has 0 bridgehead atoms. The molecule has 2 heteroatoms. The summed E-state index contributed by atoms with van der Waals surface area (Å²) < 4.78 is 0. The van der Waals surface area contributed by atoms with Crippen molar-refractivity contribution in [1.29, 1.82) is 0 Å². The van der Waals surface area contributed by atoms with E-state index in [1.165, 1.54) is 24.1 Å². The van der Waals surface area contributed by atoms with Crippen molar-refractivity contribution in [2.75, 3.05) is 18.0 Å². The van der Waals surface area contributed by atoms with E-state index in [1.807, 2.05) is 0 Å². The second-order valence-corrected chi connectivity index (χ2v) is 6.28. The summed E-state index contributed by atoms with van der Waals surface area (Å²) in [4.78, 5) is 2.60. The normalized spacial score (nSPS) is 23.9. The quantitative estimate of drug-likeness (QED) is 0.890. The number of hydrogen-bond acceptors (Lipinski definition) is 2. The lowest BCUT2D eigenvalue weighted by atomic mass is 9.98. The minimum absolute atomic E-state index is 0.629. The Morgan fingerprint density at radius 3 is 2.53 bits per heavy atom. The molecule has 1 aromatic carbocycles. The maximum atomic E-state index is 3.72. The molecule has 1 fully saturated rings. The Balaban J connectivity index is 2.11. The van der Waals surface area contributed by atoms with Crippen LogP contribution < -0.4 is 10.2 Å². The highest BCUT2D eigenvalue weighted by Crippen LogP contribution is 2.23. The average Bonchev–Trinajstić information content (AvgIpc) is 2.39. The predicted molar refractivity (Wildman–Crippen MR) is 83.8 cm³/mol. The van der Waals surface area contributed by atoms with Gasteiger partial charge >= 0.3 is 0 Å². The Labute approximate surface area is 118 Å². The third-order valence-corrected chi connectivity index (χ3v) is 4.09. The predicted octanol–water partition coefficient (Wildman–Crippen LogP) is 3.60. The third-order valence-electron chi connectivity index (χ3n) is 4.09. The Morgan fingerprint density at radius 1 is 1.26 bits per heavy atom. The van der Waals surface area contributed by atoms with Gasteiger partial charge in [-0.1, -0.05) is 38.5 Å². The molecule has 1 aromatic rings. The molecular formula is C17H28N2. The van der Waals surface area contributed by atoms with Crippen molar-refractivity contribution in [1.82, 2.24) is 5.32 Å². The van der Waals surface area contributed by atoms with Crippen LogP contribution in [0.4, 0.5) is 5.69 Å². The molecule has 0 saturated carbocycles. The summed E-state index contributed by atoms with van der Waals surface area (Å²) in [6, 6.07) is 10.3. The van der Waals surface area contributed by atoms with Gasteiger partial charge in [-0.3, -0.25) is 0 Å². The smallest absolute Gasteiger partial charge is 0.0412 e. The van der Waals surface area contributed by atoms with Crippen molar-refractivity contribution in [3.63, 3.8) is 0 Å². The highest BCUT2D eigenvalue weighted by molar-refractivity contribution is 5.49. The topological polar surface area (TPSA) is 15.3 Å². The van der Waals surface area contributed by atoms with Gasteiger partial charge in [0.2, 0.25) is 0 Å². The Kier molecular flexibility index (Phi) is 4.87. The van der Waals surface area contributed by atoms with E-state index in [-0.39, 0.29) is 0 Å². The SMILES string of the molecule is CCC1CNC(CC(C)C)CN1c1ccc(C)cc1. The van der Waals surface area contributed by atoms with Crippen molar-refractivity contribution in [2.24, 2.45) is 5.92 Å². The maximum absolute atomic E-state index is 3.72. The summed E-state index contributed by atoms with van der Waals surface area (Å²) >= 11 is 0. The van der Waals surface area contributed by atoms with Crippen LogP contribution in [-0.4, -0.2) is 25.2 Å². The number of anilines is 1. The van der Waals surface area contributed by atoms with E-state index in [0.717, 1.165) is 19.0 Å². The third kappa shape index (κ3) is 3.73. The van der Waals surface area contributed by atoms with Gasteiger partial charge in [-0.15, -0.1) is 0 Å². The molecule has 1 aliphatic heterocycles. The molecule has 2 rings (SSSR count). The molecule has 0 amide bonds. The van der Waals surface area contributed by atoms with E-state index in [1.54, 1.807) is 0 Å². The lowest BCUT2D eigenvalue weighted by Gasteiger charge is -2.42. The standard InChI is InChI=1S/C17H28N2/c1-5-16-11-18-15(10-13(2)3)12-19(16)17-8-6-14(4)7-9-17/h6-9,13,15-16,18H,5,10-12H2,1-4H3. The molecule has 0 radical (unpaired) electrons. The van der Waals surface area contributed by atoms with E-state index in [0.29, 0.717) is 12.1 Å². The summed E-state index contributed by atoms with van der Waals surface area (Å²) in [5, 5.41) is 3.72. The highest BCUT2D eigenvalue weighted by Gasteiger charge is 2.27. The fraction of sp³-hybridized carbons (Fsp3) is 0.647. The zero-order chi connectivity index (χ0) is 13.8. The van der Waals surface area contributed by atoms with Gasteiger partial charge < -0.3 is 10.2 Å². The molecule has 1 heterocycles. The first-order valence-electron chi connectivity index (χ1n) is 7.66. The number of nitrogens with zero attached hydrogens (tertiary/aromatic N) is 1. The highest BCUT2D eigenvalue weighted by atomic mass is 15.2. The van der Waals surface area contributed by atoms with Gasteiger partial charge in [-0.25, -0.2) is 0 Å². The molecule has 106 valence electrons. The zero-order valence-electron chi connectivity index (χ0n) is 12.8. The van der Waals surface area contributed by atoms with Crippen LogP contribution in [0, 0.1) is 12.8 Å². The van der Waals surface area contributed by atoms with Crippen molar-refractivity contribution >= 4 is 5.69 Å². The van der Waals surface area contributed by atoms with E-state index < -0.39 is 0 Å². The van der Waals surface area contributed by atoms with Crippen LogP contribution in [0.5, 0.6) is 0 Å². The monoisotopic (exact) mass is 260 g/mol. The van der Waals surface area contributed by atoms with Gasteiger partial charge in [0.25, 0.3) is 0 Å². The molecule has 0 spiro atoms. The van der Waals surface area contributed by atoms with Crippen molar-refractivity contribution in [2.45, 2.75) is 52.6 Å². The minimum Gasteiger partial charge on any atom is -0.366 e. The fourth-order valence-corrected chi connectivity index (χ4v) is 3.01. The van der Waals surface area contributed by atoms with Crippen LogP contribution in [0.15, 0.2) is 24.3 Å². The number of hydrogen-bond donors (Lipinski definition) is 1. The first kappa shape index (κ1) is 14.4.